The van der Waals surface area contributed by atoms with Crippen molar-refractivity contribution in [1.29, 1.82) is 0 Å². The van der Waals surface area contributed by atoms with E-state index >= 15 is 0 Å². The summed E-state index contributed by atoms with van der Waals surface area (Å²) in [7, 11) is 1.55. The Morgan fingerprint density at radius 1 is 1.75 bits per heavy atom. The predicted molar refractivity (Wildman–Crippen MR) is 29.3 cm³/mol. The van der Waals surface area contributed by atoms with Crippen LogP contribution in [0.25, 0.3) is 0 Å². The van der Waals surface area contributed by atoms with Gasteiger partial charge in [-0.25, -0.2) is 0 Å². The highest BCUT2D eigenvalue weighted by Crippen LogP contribution is 2.04. The molecule has 0 aliphatic rings. The maximum Gasteiger partial charge on any atom is 0.116 e. The van der Waals surface area contributed by atoms with E-state index in [4.69, 9.17) is 4.42 Å². The standard InChI is InChI=1S/C5H7NO2/c1-7-6-5-2-3-8-4-5/h2-4,6H,1H3. The van der Waals surface area contributed by atoms with Gasteiger partial charge in [-0.2, -0.15) is 0 Å². The zero-order valence-electron chi connectivity index (χ0n) is 4.55. The van der Waals surface area contributed by atoms with Crippen molar-refractivity contribution in [2.24, 2.45) is 0 Å². The lowest BCUT2D eigenvalue weighted by atomic mass is 10.6. The molecule has 3 heteroatoms. The van der Waals surface area contributed by atoms with E-state index < -0.39 is 0 Å². The van der Waals surface area contributed by atoms with Crippen LogP contribution in [0.1, 0.15) is 0 Å². The average molecular weight is 113 g/mol. The van der Waals surface area contributed by atoms with Crippen molar-refractivity contribution in [1.82, 2.24) is 0 Å². The van der Waals surface area contributed by atoms with E-state index in [1.165, 1.54) is 0 Å². The molecule has 0 aliphatic heterocycles. The molecule has 0 aliphatic carbocycles. The third kappa shape index (κ3) is 1.01. The normalized spacial score (nSPS) is 9.12. The molecular formula is C5H7NO2. The topological polar surface area (TPSA) is 34.4 Å². The van der Waals surface area contributed by atoms with Gasteiger partial charge in [0.05, 0.1) is 19.1 Å². The summed E-state index contributed by atoms with van der Waals surface area (Å²) in [4.78, 5) is 4.58. The number of anilines is 1. The van der Waals surface area contributed by atoms with E-state index in [1.807, 2.05) is 0 Å². The number of hydrogen-bond acceptors (Lipinski definition) is 3. The SMILES string of the molecule is CONc1ccoc1. The van der Waals surface area contributed by atoms with Gasteiger partial charge in [-0.05, 0) is 0 Å². The minimum atomic E-state index is 0.826. The average Bonchev–Trinajstić information content (AvgIpc) is 2.19. The number of rotatable bonds is 2. The van der Waals surface area contributed by atoms with Gasteiger partial charge in [0.2, 0.25) is 0 Å². The van der Waals surface area contributed by atoms with Gasteiger partial charge in [0.25, 0.3) is 0 Å². The van der Waals surface area contributed by atoms with Crippen LogP contribution in [0, 0.1) is 0 Å². The first-order valence-corrected chi connectivity index (χ1v) is 2.24. The first-order chi connectivity index (χ1) is 3.93. The number of nitrogens with one attached hydrogen (secondary N) is 1. The quantitative estimate of drug-likeness (QED) is 0.586. The highest BCUT2D eigenvalue weighted by Gasteiger charge is 1.86. The number of hydrogen-bond donors (Lipinski definition) is 1. The molecule has 1 N–H and O–H groups in total. The van der Waals surface area contributed by atoms with Crippen LogP contribution in [0.2, 0.25) is 0 Å². The predicted octanol–water partition coefficient (Wildman–Crippen LogP) is 1.25. The summed E-state index contributed by atoms with van der Waals surface area (Å²) in [6, 6.07) is 1.77. The van der Waals surface area contributed by atoms with Gasteiger partial charge in [0.1, 0.15) is 6.26 Å². The Labute approximate surface area is 47.2 Å². The Morgan fingerprint density at radius 2 is 2.62 bits per heavy atom. The molecule has 0 fully saturated rings. The molecule has 0 bridgehead atoms. The van der Waals surface area contributed by atoms with Crippen LogP contribution in [-0.4, -0.2) is 7.11 Å². The largest absolute Gasteiger partial charge is 0.470 e. The fourth-order valence-electron chi connectivity index (χ4n) is 0.440. The Kier molecular flexibility index (Phi) is 1.54. The molecule has 1 aromatic rings. The molecule has 0 amide bonds. The lowest BCUT2D eigenvalue weighted by Gasteiger charge is -1.93. The first-order valence-electron chi connectivity index (χ1n) is 2.24. The second kappa shape index (κ2) is 2.37. The zero-order valence-corrected chi connectivity index (χ0v) is 4.55. The molecule has 0 aromatic carbocycles. The van der Waals surface area contributed by atoms with Crippen LogP contribution in [0.5, 0.6) is 0 Å². The molecule has 0 saturated heterocycles. The van der Waals surface area contributed by atoms with Gasteiger partial charge in [-0.1, -0.05) is 0 Å². The van der Waals surface area contributed by atoms with E-state index in [9.17, 15) is 0 Å². The highest BCUT2D eigenvalue weighted by atomic mass is 16.6. The first kappa shape index (κ1) is 5.18. The van der Waals surface area contributed by atoms with Gasteiger partial charge < -0.3 is 4.42 Å². The smallest absolute Gasteiger partial charge is 0.116 e. The van der Waals surface area contributed by atoms with Crippen LogP contribution in [-0.2, 0) is 4.84 Å². The molecule has 0 unspecified atom stereocenters. The van der Waals surface area contributed by atoms with Crippen LogP contribution in [0.4, 0.5) is 5.69 Å². The maximum atomic E-state index is 4.72. The third-order valence-electron chi connectivity index (χ3n) is 0.741. The molecule has 44 valence electrons. The molecular weight excluding hydrogens is 106 g/mol. The van der Waals surface area contributed by atoms with Gasteiger partial charge in [0, 0.05) is 6.07 Å². The van der Waals surface area contributed by atoms with Crippen molar-refractivity contribution in [3.05, 3.63) is 18.6 Å². The lowest BCUT2D eigenvalue weighted by Crippen LogP contribution is -1.91. The second-order valence-corrected chi connectivity index (χ2v) is 1.32. The molecule has 0 spiro atoms. The van der Waals surface area contributed by atoms with E-state index in [1.54, 1.807) is 25.7 Å². The van der Waals surface area contributed by atoms with Gasteiger partial charge in [-0.3, -0.25) is 10.3 Å². The van der Waals surface area contributed by atoms with E-state index in [-0.39, 0.29) is 0 Å². The van der Waals surface area contributed by atoms with Crippen molar-refractivity contribution in [3.8, 4) is 0 Å². The summed E-state index contributed by atoms with van der Waals surface area (Å²) in [5, 5.41) is 0. The molecule has 0 radical (unpaired) electrons. The monoisotopic (exact) mass is 113 g/mol. The van der Waals surface area contributed by atoms with E-state index in [0.29, 0.717) is 0 Å². The molecule has 0 atom stereocenters. The number of furan rings is 1. The second-order valence-electron chi connectivity index (χ2n) is 1.32. The maximum absolute atomic E-state index is 4.72. The third-order valence-corrected chi connectivity index (χ3v) is 0.741. The van der Waals surface area contributed by atoms with E-state index in [0.717, 1.165) is 5.69 Å². The fraction of sp³-hybridized carbons (Fsp3) is 0.200. The Morgan fingerprint density at radius 3 is 3.12 bits per heavy atom. The minimum absolute atomic E-state index is 0.826. The van der Waals surface area contributed by atoms with Crippen molar-refractivity contribution < 1.29 is 9.25 Å². The summed E-state index contributed by atoms with van der Waals surface area (Å²) in [6.07, 6.45) is 3.13. The molecule has 1 rings (SSSR count). The van der Waals surface area contributed by atoms with Gasteiger partial charge in [-0.15, -0.1) is 0 Å². The Balaban J connectivity index is 2.50. The van der Waals surface area contributed by atoms with Crippen molar-refractivity contribution >= 4 is 5.69 Å². The van der Waals surface area contributed by atoms with Gasteiger partial charge in [0.15, 0.2) is 0 Å². The molecule has 1 aromatic heterocycles. The van der Waals surface area contributed by atoms with Crippen molar-refractivity contribution in [3.63, 3.8) is 0 Å². The van der Waals surface area contributed by atoms with Crippen molar-refractivity contribution in [2.75, 3.05) is 12.6 Å². The Bertz CT molecular complexity index is 136. The summed E-state index contributed by atoms with van der Waals surface area (Å²) >= 11 is 0. The van der Waals surface area contributed by atoms with Crippen LogP contribution < -0.4 is 5.48 Å². The van der Waals surface area contributed by atoms with Crippen LogP contribution >= 0.6 is 0 Å². The summed E-state index contributed by atoms with van der Waals surface area (Å²) in [6.45, 7) is 0. The van der Waals surface area contributed by atoms with E-state index in [2.05, 4.69) is 10.3 Å². The van der Waals surface area contributed by atoms with Gasteiger partial charge >= 0.3 is 0 Å². The fourth-order valence-corrected chi connectivity index (χ4v) is 0.440. The van der Waals surface area contributed by atoms with Crippen LogP contribution in [0.15, 0.2) is 23.0 Å². The molecule has 3 nitrogen and oxygen atoms in total. The summed E-state index contributed by atoms with van der Waals surface area (Å²) in [5.74, 6) is 0. The molecule has 1 heterocycles. The molecule has 0 saturated carbocycles. The lowest BCUT2D eigenvalue weighted by molar-refractivity contribution is 0.270. The summed E-state index contributed by atoms with van der Waals surface area (Å²) < 4.78 is 4.72. The Hall–Kier alpha value is -0.960. The minimum Gasteiger partial charge on any atom is -0.470 e. The highest BCUT2D eigenvalue weighted by molar-refractivity contribution is 5.35. The van der Waals surface area contributed by atoms with Crippen molar-refractivity contribution in [2.45, 2.75) is 0 Å². The molecule has 8 heavy (non-hydrogen) atoms. The van der Waals surface area contributed by atoms with Crippen LogP contribution in [0.3, 0.4) is 0 Å². The zero-order chi connectivity index (χ0) is 5.82. The summed E-state index contributed by atoms with van der Waals surface area (Å²) in [5.41, 5.74) is 3.42.